The fraction of sp³-hybridized carbons (Fsp3) is 0.375. The molecular weight excluding hydrogens is 324 g/mol. The van der Waals surface area contributed by atoms with Crippen LogP contribution >= 0.6 is 11.3 Å². The number of nitrogens with zero attached hydrogens (tertiary/aromatic N) is 3. The van der Waals surface area contributed by atoms with Crippen LogP contribution in [0.4, 0.5) is 5.13 Å². The molecule has 0 aliphatic heterocycles. The Labute approximate surface area is 145 Å². The summed E-state index contributed by atoms with van der Waals surface area (Å²) in [5.74, 6) is 0.483. The zero-order chi connectivity index (χ0) is 17.2. The van der Waals surface area contributed by atoms with E-state index in [0.29, 0.717) is 11.7 Å². The zero-order valence-corrected chi connectivity index (χ0v) is 14.2. The van der Waals surface area contributed by atoms with Crippen molar-refractivity contribution in [1.29, 1.82) is 0 Å². The minimum atomic E-state index is 0.0463. The van der Waals surface area contributed by atoms with Crippen LogP contribution in [0.25, 0.3) is 0 Å². The molecule has 1 aliphatic carbocycles. The van der Waals surface area contributed by atoms with Crippen molar-refractivity contribution < 1.29 is 4.79 Å². The molecule has 8 heteroatoms. The van der Waals surface area contributed by atoms with E-state index in [1.807, 2.05) is 23.6 Å². The van der Waals surface area contributed by atoms with Crippen molar-refractivity contribution in [2.75, 3.05) is 0 Å². The maximum absolute atomic E-state index is 11.7. The number of hydrogen-bond acceptors (Lipinski definition) is 5. The Morgan fingerprint density at radius 3 is 2.62 bits per heavy atom. The van der Waals surface area contributed by atoms with Crippen molar-refractivity contribution in [2.24, 2.45) is 22.4 Å². The molecule has 0 spiro atoms. The summed E-state index contributed by atoms with van der Waals surface area (Å²) >= 11 is 1.39. The van der Waals surface area contributed by atoms with E-state index in [1.165, 1.54) is 24.2 Å². The highest BCUT2D eigenvalue weighted by Gasteiger charge is 2.22. The van der Waals surface area contributed by atoms with E-state index < -0.39 is 0 Å². The van der Waals surface area contributed by atoms with E-state index >= 15 is 0 Å². The average molecular weight is 346 g/mol. The highest BCUT2D eigenvalue weighted by atomic mass is 32.1. The van der Waals surface area contributed by atoms with Gasteiger partial charge < -0.3 is 16.8 Å². The van der Waals surface area contributed by atoms with Gasteiger partial charge in [0.05, 0.1) is 12.2 Å². The lowest BCUT2D eigenvalue weighted by atomic mass is 10.1. The van der Waals surface area contributed by atoms with Gasteiger partial charge in [-0.15, -0.1) is 11.3 Å². The first-order valence-corrected chi connectivity index (χ1v) is 8.70. The predicted octanol–water partition coefficient (Wildman–Crippen LogP) is 1.94. The number of amides is 1. The van der Waals surface area contributed by atoms with Crippen LogP contribution in [0.1, 0.15) is 31.4 Å². The van der Waals surface area contributed by atoms with Crippen LogP contribution in [0, 0.1) is 5.92 Å². The Hall–Kier alpha value is -2.48. The zero-order valence-electron chi connectivity index (χ0n) is 13.4. The molecule has 0 radical (unpaired) electrons. The largest absolute Gasteiger partial charge is 0.370 e. The van der Waals surface area contributed by atoms with Gasteiger partial charge in [-0.05, 0) is 25.0 Å². The Morgan fingerprint density at radius 1 is 1.25 bits per heavy atom. The molecule has 1 amide bonds. The number of rotatable bonds is 4. The van der Waals surface area contributed by atoms with Gasteiger partial charge in [0.15, 0.2) is 5.96 Å². The van der Waals surface area contributed by atoms with Crippen LogP contribution in [0.3, 0.4) is 0 Å². The second kappa shape index (κ2) is 9.61. The van der Waals surface area contributed by atoms with E-state index in [1.54, 1.807) is 12.4 Å². The Bertz CT molecular complexity index is 634. The maximum atomic E-state index is 11.7. The summed E-state index contributed by atoms with van der Waals surface area (Å²) < 4.78 is 0. The van der Waals surface area contributed by atoms with Gasteiger partial charge in [-0.25, -0.2) is 4.98 Å². The number of guanidine groups is 1. The second-order valence-electron chi connectivity index (χ2n) is 5.37. The molecule has 2 heterocycles. The van der Waals surface area contributed by atoms with Crippen LogP contribution in [0.2, 0.25) is 0 Å². The molecule has 1 saturated carbocycles. The van der Waals surface area contributed by atoms with Gasteiger partial charge in [0.25, 0.3) is 0 Å². The van der Waals surface area contributed by atoms with Gasteiger partial charge in [0.2, 0.25) is 11.0 Å². The predicted molar refractivity (Wildman–Crippen MR) is 95.6 cm³/mol. The van der Waals surface area contributed by atoms with Crippen molar-refractivity contribution in [3.05, 3.63) is 41.7 Å². The third-order valence-corrected chi connectivity index (χ3v) is 4.21. The monoisotopic (exact) mass is 346 g/mol. The van der Waals surface area contributed by atoms with Crippen molar-refractivity contribution in [3.63, 3.8) is 0 Å². The second-order valence-corrected chi connectivity index (χ2v) is 6.24. The number of pyridine rings is 1. The molecule has 0 bridgehead atoms. The molecule has 3 rings (SSSR count). The topological polar surface area (TPSA) is 119 Å². The molecule has 24 heavy (non-hydrogen) atoms. The maximum Gasteiger partial charge on any atom is 0.223 e. The summed E-state index contributed by atoms with van der Waals surface area (Å²) in [4.78, 5) is 23.4. The quantitative estimate of drug-likeness (QED) is 0.577. The summed E-state index contributed by atoms with van der Waals surface area (Å²) in [6.07, 6.45) is 7.88. The van der Waals surface area contributed by atoms with Crippen molar-refractivity contribution in [2.45, 2.75) is 32.2 Å². The smallest absolute Gasteiger partial charge is 0.223 e. The number of nitrogens with one attached hydrogen (secondary N) is 1. The molecule has 128 valence electrons. The van der Waals surface area contributed by atoms with Gasteiger partial charge in [-0.3, -0.25) is 9.78 Å². The first kappa shape index (κ1) is 17.9. The van der Waals surface area contributed by atoms with Crippen LogP contribution < -0.4 is 16.8 Å². The summed E-state index contributed by atoms with van der Waals surface area (Å²) in [5.41, 5.74) is 11.1. The number of carbonyl (C=O) groups is 1. The molecule has 1 aliphatic rings. The highest BCUT2D eigenvalue weighted by molar-refractivity contribution is 7.13. The lowest BCUT2D eigenvalue weighted by Crippen LogP contribution is -2.29. The molecule has 2 aromatic heterocycles. The van der Waals surface area contributed by atoms with Crippen LogP contribution in [0.5, 0.6) is 0 Å². The summed E-state index contributed by atoms with van der Waals surface area (Å²) in [5, 5.41) is 5.34. The number of aliphatic imine (C=N–C) groups is 1. The van der Waals surface area contributed by atoms with Gasteiger partial charge in [0.1, 0.15) is 0 Å². The minimum absolute atomic E-state index is 0.0463. The van der Waals surface area contributed by atoms with Gasteiger partial charge in [-0.2, -0.15) is 4.99 Å². The van der Waals surface area contributed by atoms with Crippen LogP contribution in [0.15, 0.2) is 41.0 Å². The molecule has 1 fully saturated rings. The van der Waals surface area contributed by atoms with Crippen molar-refractivity contribution in [1.82, 2.24) is 15.3 Å². The number of aromatic nitrogens is 2. The Balaban J connectivity index is 0.000000198. The SMILES string of the molecule is NC(N)=Nc1nccs1.O=C(NCc1ccccn1)C1CCCC1. The average Bonchev–Trinajstić information content (AvgIpc) is 3.27. The fourth-order valence-corrected chi connectivity index (χ4v) is 2.92. The molecule has 0 saturated heterocycles. The van der Waals surface area contributed by atoms with Gasteiger partial charge >= 0.3 is 0 Å². The lowest BCUT2D eigenvalue weighted by molar-refractivity contribution is -0.124. The molecule has 0 atom stereocenters. The number of thiazole rings is 1. The molecular formula is C16H22N6OS. The van der Waals surface area contributed by atoms with Crippen molar-refractivity contribution >= 4 is 28.3 Å². The highest BCUT2D eigenvalue weighted by Crippen LogP contribution is 2.24. The summed E-state index contributed by atoms with van der Waals surface area (Å²) in [6.45, 7) is 0.552. The van der Waals surface area contributed by atoms with E-state index in [4.69, 9.17) is 11.5 Å². The van der Waals surface area contributed by atoms with Crippen LogP contribution in [-0.2, 0) is 11.3 Å². The van der Waals surface area contributed by atoms with E-state index in [9.17, 15) is 4.79 Å². The lowest BCUT2D eigenvalue weighted by Gasteiger charge is -2.09. The third kappa shape index (κ3) is 6.33. The standard InChI is InChI=1S/C12H16N2O.C4H6N4S/c15-12(10-5-1-2-6-10)14-9-11-7-3-4-8-13-11;5-3(6)8-4-7-1-2-9-4/h3-4,7-8,10H,1-2,5-6,9H2,(H,14,15);1-2H,(H4,5,6,7,8). The normalized spacial score (nSPS) is 13.7. The molecule has 5 N–H and O–H groups in total. The van der Waals surface area contributed by atoms with Crippen molar-refractivity contribution in [3.8, 4) is 0 Å². The summed E-state index contributed by atoms with van der Waals surface area (Å²) in [6, 6.07) is 5.74. The van der Waals surface area contributed by atoms with Gasteiger partial charge in [0, 0.05) is 23.7 Å². The van der Waals surface area contributed by atoms with E-state index in [-0.39, 0.29) is 17.8 Å². The minimum Gasteiger partial charge on any atom is -0.370 e. The Kier molecular flexibility index (Phi) is 7.16. The molecule has 2 aromatic rings. The van der Waals surface area contributed by atoms with Gasteiger partial charge in [-0.1, -0.05) is 18.9 Å². The first-order chi connectivity index (χ1) is 11.6. The van der Waals surface area contributed by atoms with E-state index in [0.717, 1.165) is 18.5 Å². The Morgan fingerprint density at radius 2 is 2.04 bits per heavy atom. The molecule has 0 unspecified atom stereocenters. The van der Waals surface area contributed by atoms with Crippen LogP contribution in [-0.4, -0.2) is 21.8 Å². The fourth-order valence-electron chi connectivity index (χ4n) is 2.39. The van der Waals surface area contributed by atoms with E-state index in [2.05, 4.69) is 20.3 Å². The summed E-state index contributed by atoms with van der Waals surface area (Å²) in [7, 11) is 0. The number of carbonyl (C=O) groups excluding carboxylic acids is 1. The molecule has 7 nitrogen and oxygen atoms in total. The first-order valence-electron chi connectivity index (χ1n) is 7.82. The number of hydrogen-bond donors (Lipinski definition) is 3. The third-order valence-electron chi connectivity index (χ3n) is 3.54. The number of nitrogens with two attached hydrogens (primary N) is 2. The molecule has 0 aromatic carbocycles.